The van der Waals surface area contributed by atoms with Gasteiger partial charge in [-0.2, -0.15) is 0 Å². The highest BCUT2D eigenvalue weighted by Crippen LogP contribution is 2.16. The highest BCUT2D eigenvalue weighted by molar-refractivity contribution is 5.89. The zero-order valence-corrected chi connectivity index (χ0v) is 11.8. The van der Waals surface area contributed by atoms with Crippen LogP contribution in [0.15, 0.2) is 24.3 Å². The Morgan fingerprint density at radius 2 is 2.20 bits per heavy atom. The Labute approximate surface area is 120 Å². The second-order valence-corrected chi connectivity index (χ2v) is 5.24. The Bertz CT molecular complexity index is 427. The molecule has 1 aliphatic heterocycles. The first-order valence-electron chi connectivity index (χ1n) is 7.41. The van der Waals surface area contributed by atoms with Crippen LogP contribution in [0.25, 0.3) is 0 Å². The smallest absolute Gasteiger partial charge is 0.335 e. The first-order valence-corrected chi connectivity index (χ1v) is 7.41. The molecule has 0 spiro atoms. The second-order valence-electron chi connectivity index (χ2n) is 5.24. The third-order valence-electron chi connectivity index (χ3n) is 3.72. The number of benzene rings is 1. The number of carboxylic acids is 1. The second kappa shape index (κ2) is 8.02. The van der Waals surface area contributed by atoms with Crippen molar-refractivity contribution in [2.75, 3.05) is 19.7 Å². The molecule has 0 aliphatic carbocycles. The maximum atomic E-state index is 11.1. The normalized spacial score (nSPS) is 18.3. The largest absolute Gasteiger partial charge is 0.478 e. The molecule has 0 aromatic heterocycles. The van der Waals surface area contributed by atoms with E-state index in [2.05, 4.69) is 5.32 Å². The van der Waals surface area contributed by atoms with E-state index >= 15 is 0 Å². The van der Waals surface area contributed by atoms with Gasteiger partial charge in [0.2, 0.25) is 0 Å². The molecule has 0 saturated carbocycles. The van der Waals surface area contributed by atoms with Crippen LogP contribution in [-0.4, -0.2) is 36.9 Å². The highest BCUT2D eigenvalue weighted by Gasteiger charge is 2.14. The van der Waals surface area contributed by atoms with Crippen LogP contribution in [-0.2, 0) is 11.2 Å². The van der Waals surface area contributed by atoms with Crippen molar-refractivity contribution in [3.63, 3.8) is 0 Å². The van der Waals surface area contributed by atoms with E-state index < -0.39 is 5.97 Å². The summed E-state index contributed by atoms with van der Waals surface area (Å²) in [4.78, 5) is 11.1. The van der Waals surface area contributed by atoms with Gasteiger partial charge in [-0.25, -0.2) is 4.79 Å². The molecule has 1 aromatic rings. The van der Waals surface area contributed by atoms with E-state index in [-0.39, 0.29) is 0 Å². The standard InChI is InChI=1S/C16H23NO3/c18-16(19)15-8-2-1-5-13(15)9-11-17-10-3-6-14-7-4-12-20-14/h1-2,5,8,14,17H,3-4,6-7,9-12H2,(H,18,19). The fraction of sp³-hybridized carbons (Fsp3) is 0.562. The van der Waals surface area contributed by atoms with Gasteiger partial charge in [0.1, 0.15) is 0 Å². The average molecular weight is 277 g/mol. The number of nitrogens with one attached hydrogen (secondary N) is 1. The lowest BCUT2D eigenvalue weighted by Crippen LogP contribution is -2.20. The summed E-state index contributed by atoms with van der Waals surface area (Å²) in [5, 5.41) is 12.5. The summed E-state index contributed by atoms with van der Waals surface area (Å²) in [6, 6.07) is 7.20. The van der Waals surface area contributed by atoms with Crippen molar-refractivity contribution < 1.29 is 14.6 Å². The molecule has 0 radical (unpaired) electrons. The predicted octanol–water partition coefficient (Wildman–Crippen LogP) is 2.48. The van der Waals surface area contributed by atoms with Gasteiger partial charge in [-0.3, -0.25) is 0 Å². The summed E-state index contributed by atoms with van der Waals surface area (Å²) < 4.78 is 5.58. The molecule has 4 heteroatoms. The van der Waals surface area contributed by atoms with Crippen molar-refractivity contribution in [2.45, 2.75) is 38.2 Å². The van der Waals surface area contributed by atoms with Crippen LogP contribution in [0, 0.1) is 0 Å². The molecule has 0 amide bonds. The molecule has 1 heterocycles. The summed E-state index contributed by atoms with van der Waals surface area (Å²) in [6.45, 7) is 2.70. The Hall–Kier alpha value is -1.39. The van der Waals surface area contributed by atoms with Crippen molar-refractivity contribution >= 4 is 5.97 Å². The Morgan fingerprint density at radius 3 is 2.95 bits per heavy atom. The molecule has 20 heavy (non-hydrogen) atoms. The quantitative estimate of drug-likeness (QED) is 0.717. The molecule has 4 nitrogen and oxygen atoms in total. The Balaban J connectivity index is 1.62. The van der Waals surface area contributed by atoms with Gasteiger partial charge >= 0.3 is 5.97 Å². The summed E-state index contributed by atoms with van der Waals surface area (Å²) >= 11 is 0. The molecular weight excluding hydrogens is 254 g/mol. The summed E-state index contributed by atoms with van der Waals surface area (Å²) in [5.41, 5.74) is 1.31. The number of ether oxygens (including phenoxy) is 1. The molecule has 2 N–H and O–H groups in total. The van der Waals surface area contributed by atoms with Gasteiger partial charge in [0.15, 0.2) is 0 Å². The molecule has 2 rings (SSSR count). The minimum atomic E-state index is -0.848. The van der Waals surface area contributed by atoms with E-state index in [4.69, 9.17) is 9.84 Å². The third kappa shape index (κ3) is 4.62. The lowest BCUT2D eigenvalue weighted by atomic mass is 10.0. The molecule has 1 unspecified atom stereocenters. The molecule has 1 fully saturated rings. The summed E-state index contributed by atoms with van der Waals surface area (Å²) in [7, 11) is 0. The van der Waals surface area contributed by atoms with Crippen molar-refractivity contribution in [3.05, 3.63) is 35.4 Å². The number of hydrogen-bond donors (Lipinski definition) is 2. The van der Waals surface area contributed by atoms with Crippen LogP contribution in [0.5, 0.6) is 0 Å². The molecule has 1 saturated heterocycles. The highest BCUT2D eigenvalue weighted by atomic mass is 16.5. The van der Waals surface area contributed by atoms with Crippen molar-refractivity contribution in [2.24, 2.45) is 0 Å². The zero-order chi connectivity index (χ0) is 14.2. The minimum Gasteiger partial charge on any atom is -0.478 e. The lowest BCUT2D eigenvalue weighted by molar-refractivity contribution is 0.0695. The molecule has 0 bridgehead atoms. The minimum absolute atomic E-state index is 0.411. The fourth-order valence-corrected chi connectivity index (χ4v) is 2.62. The van der Waals surface area contributed by atoms with E-state index in [9.17, 15) is 4.79 Å². The fourth-order valence-electron chi connectivity index (χ4n) is 2.62. The Kier molecular flexibility index (Phi) is 6.02. The lowest BCUT2D eigenvalue weighted by Gasteiger charge is -2.10. The van der Waals surface area contributed by atoms with E-state index in [1.807, 2.05) is 12.1 Å². The zero-order valence-electron chi connectivity index (χ0n) is 11.8. The van der Waals surface area contributed by atoms with Gasteiger partial charge in [0.25, 0.3) is 0 Å². The van der Waals surface area contributed by atoms with Crippen molar-refractivity contribution in [3.8, 4) is 0 Å². The maximum Gasteiger partial charge on any atom is 0.335 e. The van der Waals surface area contributed by atoms with Gasteiger partial charge in [0, 0.05) is 6.61 Å². The van der Waals surface area contributed by atoms with Gasteiger partial charge in [-0.15, -0.1) is 0 Å². The van der Waals surface area contributed by atoms with E-state index in [0.717, 1.165) is 44.5 Å². The van der Waals surface area contributed by atoms with Crippen LogP contribution in [0.4, 0.5) is 0 Å². The SMILES string of the molecule is O=C(O)c1ccccc1CCNCCCC1CCCO1. The van der Waals surface area contributed by atoms with Crippen LogP contribution in [0.2, 0.25) is 0 Å². The Morgan fingerprint density at radius 1 is 1.35 bits per heavy atom. The van der Waals surface area contributed by atoms with Crippen LogP contribution < -0.4 is 5.32 Å². The maximum absolute atomic E-state index is 11.1. The topological polar surface area (TPSA) is 58.6 Å². The summed E-state index contributed by atoms with van der Waals surface area (Å²) in [5.74, 6) is -0.848. The molecular formula is C16H23NO3. The summed E-state index contributed by atoms with van der Waals surface area (Å²) in [6.07, 6.45) is 5.85. The van der Waals surface area contributed by atoms with E-state index in [1.165, 1.54) is 12.8 Å². The monoisotopic (exact) mass is 277 g/mol. The number of carboxylic acid groups (broad SMARTS) is 1. The van der Waals surface area contributed by atoms with E-state index in [1.54, 1.807) is 12.1 Å². The first kappa shape index (κ1) is 15.0. The van der Waals surface area contributed by atoms with E-state index in [0.29, 0.717) is 11.7 Å². The van der Waals surface area contributed by atoms with Gasteiger partial charge in [0.05, 0.1) is 11.7 Å². The number of aromatic carboxylic acids is 1. The van der Waals surface area contributed by atoms with Crippen molar-refractivity contribution in [1.82, 2.24) is 5.32 Å². The van der Waals surface area contributed by atoms with Gasteiger partial charge in [-0.1, -0.05) is 18.2 Å². The first-order chi connectivity index (χ1) is 9.77. The molecule has 1 aromatic carbocycles. The van der Waals surface area contributed by atoms with Crippen LogP contribution >= 0.6 is 0 Å². The number of carbonyl (C=O) groups is 1. The van der Waals surface area contributed by atoms with Crippen molar-refractivity contribution in [1.29, 1.82) is 0 Å². The number of rotatable bonds is 8. The van der Waals surface area contributed by atoms with Gasteiger partial charge in [-0.05, 0) is 56.8 Å². The third-order valence-corrected chi connectivity index (χ3v) is 3.72. The number of hydrogen-bond acceptors (Lipinski definition) is 3. The van der Waals surface area contributed by atoms with Crippen LogP contribution in [0.1, 0.15) is 41.6 Å². The predicted molar refractivity (Wildman–Crippen MR) is 78.2 cm³/mol. The molecule has 110 valence electrons. The average Bonchev–Trinajstić information content (AvgIpc) is 2.96. The molecule has 1 atom stereocenters. The molecule has 1 aliphatic rings. The van der Waals surface area contributed by atoms with Crippen LogP contribution in [0.3, 0.4) is 0 Å². The van der Waals surface area contributed by atoms with Gasteiger partial charge < -0.3 is 15.2 Å².